The number of halogens is 2. The Labute approximate surface area is 129 Å². The molecule has 0 bridgehead atoms. The van der Waals surface area contributed by atoms with E-state index in [4.69, 9.17) is 17.3 Å². The molecule has 1 saturated carbocycles. The van der Waals surface area contributed by atoms with Crippen LogP contribution in [-0.2, 0) is 0 Å². The van der Waals surface area contributed by atoms with E-state index >= 15 is 0 Å². The van der Waals surface area contributed by atoms with Gasteiger partial charge < -0.3 is 11.1 Å². The zero-order valence-electron chi connectivity index (χ0n) is 10.9. The molecule has 19 heavy (non-hydrogen) atoms. The van der Waals surface area contributed by atoms with Crippen molar-refractivity contribution in [1.82, 2.24) is 5.32 Å². The minimum Gasteiger partial charge on any atom is -0.348 e. The van der Waals surface area contributed by atoms with Crippen molar-refractivity contribution < 1.29 is 4.79 Å². The van der Waals surface area contributed by atoms with Crippen molar-refractivity contribution in [3.05, 3.63) is 20.8 Å². The van der Waals surface area contributed by atoms with E-state index in [0.717, 1.165) is 18.4 Å². The van der Waals surface area contributed by atoms with E-state index in [1.54, 1.807) is 0 Å². The highest BCUT2D eigenvalue weighted by Crippen LogP contribution is 2.28. The molecule has 1 amide bonds. The average Bonchev–Trinajstić information content (AvgIpc) is 2.71. The summed E-state index contributed by atoms with van der Waals surface area (Å²) in [6, 6.07) is 0.203. The SMILES string of the molecule is Cc1csc(C(=O)NC2CCCCC2CN)c1Cl.Cl. The summed E-state index contributed by atoms with van der Waals surface area (Å²) in [5, 5.41) is 5.59. The molecule has 0 aromatic carbocycles. The fourth-order valence-electron chi connectivity index (χ4n) is 2.50. The van der Waals surface area contributed by atoms with Gasteiger partial charge in [0, 0.05) is 6.04 Å². The van der Waals surface area contributed by atoms with Gasteiger partial charge in [0.05, 0.1) is 5.02 Å². The Kier molecular flexibility index (Phi) is 6.60. The molecule has 6 heteroatoms. The largest absolute Gasteiger partial charge is 0.348 e. The standard InChI is InChI=1S/C13H19ClN2OS.ClH/c1-8-7-18-12(11(8)14)13(17)16-10-5-3-2-4-9(10)6-15;/h7,9-10H,2-6,15H2,1H3,(H,16,17);1H. The summed E-state index contributed by atoms with van der Waals surface area (Å²) >= 11 is 7.52. The van der Waals surface area contributed by atoms with Crippen molar-refractivity contribution in [3.63, 3.8) is 0 Å². The summed E-state index contributed by atoms with van der Waals surface area (Å²) in [7, 11) is 0. The molecular formula is C13H20Cl2N2OS. The zero-order valence-corrected chi connectivity index (χ0v) is 13.3. The van der Waals surface area contributed by atoms with Gasteiger partial charge in [0.15, 0.2) is 0 Å². The van der Waals surface area contributed by atoms with Gasteiger partial charge in [-0.1, -0.05) is 24.4 Å². The Bertz CT molecular complexity index is 436. The van der Waals surface area contributed by atoms with Crippen LogP contribution < -0.4 is 11.1 Å². The number of nitrogens with one attached hydrogen (secondary N) is 1. The molecule has 2 rings (SSSR count). The maximum Gasteiger partial charge on any atom is 0.263 e. The Morgan fingerprint density at radius 1 is 1.53 bits per heavy atom. The highest BCUT2D eigenvalue weighted by molar-refractivity contribution is 7.13. The second-order valence-corrected chi connectivity index (χ2v) is 6.18. The fourth-order valence-corrected chi connectivity index (χ4v) is 3.68. The number of aryl methyl sites for hydroxylation is 1. The van der Waals surface area contributed by atoms with E-state index in [-0.39, 0.29) is 24.4 Å². The zero-order chi connectivity index (χ0) is 13.1. The van der Waals surface area contributed by atoms with Crippen LogP contribution in [0.25, 0.3) is 0 Å². The second-order valence-electron chi connectivity index (χ2n) is 4.92. The molecule has 0 spiro atoms. The highest BCUT2D eigenvalue weighted by Gasteiger charge is 2.26. The van der Waals surface area contributed by atoms with E-state index in [1.165, 1.54) is 24.2 Å². The van der Waals surface area contributed by atoms with Gasteiger partial charge in [-0.05, 0) is 43.2 Å². The summed E-state index contributed by atoms with van der Waals surface area (Å²) in [6.07, 6.45) is 4.51. The van der Waals surface area contributed by atoms with Crippen LogP contribution in [-0.4, -0.2) is 18.5 Å². The van der Waals surface area contributed by atoms with Crippen molar-refractivity contribution >= 4 is 41.3 Å². The minimum absolute atomic E-state index is 0. The van der Waals surface area contributed by atoms with Crippen LogP contribution in [0.4, 0.5) is 0 Å². The third-order valence-corrected chi connectivity index (χ3v) is 5.33. The minimum atomic E-state index is -0.0524. The average molecular weight is 323 g/mol. The highest BCUT2D eigenvalue weighted by atomic mass is 35.5. The molecule has 3 N–H and O–H groups in total. The molecule has 108 valence electrons. The monoisotopic (exact) mass is 322 g/mol. The van der Waals surface area contributed by atoms with Crippen LogP contribution in [0.1, 0.15) is 40.9 Å². The third-order valence-electron chi connectivity index (χ3n) is 3.63. The van der Waals surface area contributed by atoms with Crippen molar-refractivity contribution in [2.45, 2.75) is 38.6 Å². The third kappa shape index (κ3) is 3.85. The lowest BCUT2D eigenvalue weighted by atomic mass is 9.84. The Hall–Kier alpha value is -0.290. The number of carbonyl (C=O) groups excluding carboxylic acids is 1. The van der Waals surface area contributed by atoms with Crippen molar-refractivity contribution in [1.29, 1.82) is 0 Å². The molecule has 0 saturated heterocycles. The maximum absolute atomic E-state index is 12.2. The fraction of sp³-hybridized carbons (Fsp3) is 0.615. The van der Waals surface area contributed by atoms with E-state index in [0.29, 0.717) is 22.4 Å². The molecule has 1 heterocycles. The van der Waals surface area contributed by atoms with E-state index < -0.39 is 0 Å². The number of carbonyl (C=O) groups is 1. The molecule has 1 aromatic heterocycles. The summed E-state index contributed by atoms with van der Waals surface area (Å²) in [5.74, 6) is 0.353. The molecule has 1 aliphatic carbocycles. The van der Waals surface area contributed by atoms with E-state index in [1.807, 2.05) is 12.3 Å². The summed E-state index contributed by atoms with van der Waals surface area (Å²) in [6.45, 7) is 2.56. The van der Waals surface area contributed by atoms with Gasteiger partial charge in [-0.3, -0.25) is 4.79 Å². The quantitative estimate of drug-likeness (QED) is 0.896. The topological polar surface area (TPSA) is 55.1 Å². The lowest BCUT2D eigenvalue weighted by Gasteiger charge is -2.31. The number of thiophene rings is 1. The molecular weight excluding hydrogens is 303 g/mol. The first kappa shape index (κ1) is 16.8. The van der Waals surface area contributed by atoms with Crippen LogP contribution in [0.15, 0.2) is 5.38 Å². The van der Waals surface area contributed by atoms with E-state index in [2.05, 4.69) is 5.32 Å². The molecule has 1 aromatic rings. The van der Waals surface area contributed by atoms with Gasteiger partial charge in [-0.25, -0.2) is 0 Å². The van der Waals surface area contributed by atoms with Crippen LogP contribution in [0.2, 0.25) is 5.02 Å². The number of hydrogen-bond acceptors (Lipinski definition) is 3. The maximum atomic E-state index is 12.2. The summed E-state index contributed by atoms with van der Waals surface area (Å²) in [4.78, 5) is 12.8. The van der Waals surface area contributed by atoms with Crippen LogP contribution in [0.5, 0.6) is 0 Å². The van der Waals surface area contributed by atoms with Crippen LogP contribution in [0, 0.1) is 12.8 Å². The first-order valence-corrected chi connectivity index (χ1v) is 7.63. The van der Waals surface area contributed by atoms with Gasteiger partial charge >= 0.3 is 0 Å². The first-order valence-electron chi connectivity index (χ1n) is 6.38. The van der Waals surface area contributed by atoms with Crippen LogP contribution >= 0.6 is 35.3 Å². The summed E-state index contributed by atoms with van der Waals surface area (Å²) in [5.41, 5.74) is 6.73. The molecule has 1 aliphatic rings. The van der Waals surface area contributed by atoms with Crippen molar-refractivity contribution in [2.24, 2.45) is 11.7 Å². The molecule has 0 radical (unpaired) electrons. The van der Waals surface area contributed by atoms with Gasteiger partial charge in [-0.2, -0.15) is 0 Å². The normalized spacial score (nSPS) is 22.7. The number of hydrogen-bond donors (Lipinski definition) is 2. The molecule has 1 fully saturated rings. The summed E-state index contributed by atoms with van der Waals surface area (Å²) < 4.78 is 0. The van der Waals surface area contributed by atoms with Crippen LogP contribution in [0.3, 0.4) is 0 Å². The molecule has 3 nitrogen and oxygen atoms in total. The Morgan fingerprint density at radius 3 is 2.79 bits per heavy atom. The molecule has 0 aliphatic heterocycles. The first-order chi connectivity index (χ1) is 8.63. The van der Waals surface area contributed by atoms with Gasteiger partial charge in [0.1, 0.15) is 4.88 Å². The van der Waals surface area contributed by atoms with Gasteiger partial charge in [-0.15, -0.1) is 23.7 Å². The number of amides is 1. The molecule has 2 unspecified atom stereocenters. The number of rotatable bonds is 3. The molecule has 2 atom stereocenters. The predicted octanol–water partition coefficient (Wildman–Crippen LogP) is 3.38. The Balaban J connectivity index is 0.00000180. The van der Waals surface area contributed by atoms with Gasteiger partial charge in [0.2, 0.25) is 0 Å². The second kappa shape index (κ2) is 7.48. The lowest BCUT2D eigenvalue weighted by Crippen LogP contribution is -2.44. The number of nitrogens with two attached hydrogens (primary N) is 1. The van der Waals surface area contributed by atoms with Crippen molar-refractivity contribution in [2.75, 3.05) is 6.54 Å². The van der Waals surface area contributed by atoms with Gasteiger partial charge in [0.25, 0.3) is 5.91 Å². The lowest BCUT2D eigenvalue weighted by molar-refractivity contribution is 0.0912. The smallest absolute Gasteiger partial charge is 0.263 e. The Morgan fingerprint density at radius 2 is 2.21 bits per heavy atom. The van der Waals surface area contributed by atoms with Crippen molar-refractivity contribution in [3.8, 4) is 0 Å². The van der Waals surface area contributed by atoms with E-state index in [9.17, 15) is 4.79 Å². The predicted molar refractivity (Wildman–Crippen MR) is 83.6 cm³/mol.